The van der Waals surface area contributed by atoms with Crippen molar-refractivity contribution in [2.45, 2.75) is 19.9 Å². The first-order chi connectivity index (χ1) is 13.4. The highest BCUT2D eigenvalue weighted by molar-refractivity contribution is 6.36. The van der Waals surface area contributed by atoms with Crippen LogP contribution in [0.1, 0.15) is 12.0 Å². The van der Waals surface area contributed by atoms with E-state index in [4.69, 9.17) is 28.9 Å². The first-order valence-electron chi connectivity index (χ1n) is 9.20. The summed E-state index contributed by atoms with van der Waals surface area (Å²) >= 11 is 12.4. The third-order valence-corrected chi connectivity index (χ3v) is 5.73. The smallest absolute Gasteiger partial charge is 0.259 e. The van der Waals surface area contributed by atoms with Crippen LogP contribution in [0.2, 0.25) is 10.0 Å². The number of halogens is 3. The van der Waals surface area contributed by atoms with E-state index in [1.807, 2.05) is 13.1 Å². The molecule has 29 heavy (non-hydrogen) atoms. The minimum absolute atomic E-state index is 0. The van der Waals surface area contributed by atoms with E-state index in [0.29, 0.717) is 27.7 Å². The maximum Gasteiger partial charge on any atom is 0.259 e. The van der Waals surface area contributed by atoms with Crippen LogP contribution in [0.3, 0.4) is 0 Å². The molecule has 2 heterocycles. The van der Waals surface area contributed by atoms with Crippen LogP contribution in [0, 0.1) is 6.92 Å². The number of nitrogens with zero attached hydrogens (tertiary/aromatic N) is 2. The Balaban J connectivity index is 0.00000240. The highest BCUT2D eigenvalue weighted by Crippen LogP contribution is 2.34. The van der Waals surface area contributed by atoms with Crippen molar-refractivity contribution >= 4 is 57.5 Å². The van der Waals surface area contributed by atoms with Crippen LogP contribution in [0.4, 0.5) is 0 Å². The predicted octanol–water partition coefficient (Wildman–Crippen LogP) is 5.55. The molecule has 2 aromatic heterocycles. The van der Waals surface area contributed by atoms with Gasteiger partial charge in [-0.15, -0.1) is 12.4 Å². The highest BCUT2D eigenvalue weighted by atomic mass is 35.5. The number of pyridine rings is 1. The monoisotopic (exact) mass is 449 g/mol. The molecular formula is C22H22Cl3N3O. The summed E-state index contributed by atoms with van der Waals surface area (Å²) in [7, 11) is 1.81. The molecule has 0 spiro atoms. The summed E-state index contributed by atoms with van der Waals surface area (Å²) in [5.74, 6) is 0. The van der Waals surface area contributed by atoms with Gasteiger partial charge in [0.15, 0.2) is 0 Å². The van der Waals surface area contributed by atoms with Crippen molar-refractivity contribution in [2.75, 3.05) is 6.54 Å². The lowest BCUT2D eigenvalue weighted by atomic mass is 10.0. The van der Waals surface area contributed by atoms with Gasteiger partial charge in [-0.25, -0.2) is 0 Å². The van der Waals surface area contributed by atoms with Gasteiger partial charge in [0.25, 0.3) is 5.56 Å². The van der Waals surface area contributed by atoms with Gasteiger partial charge in [0.2, 0.25) is 0 Å². The maximum absolute atomic E-state index is 13.2. The average Bonchev–Trinajstić information content (AvgIpc) is 2.96. The largest absolute Gasteiger partial charge is 0.330 e. The molecule has 4 rings (SSSR count). The van der Waals surface area contributed by atoms with Crippen LogP contribution < -0.4 is 11.3 Å². The normalized spacial score (nSPS) is 11.2. The molecule has 152 valence electrons. The molecular weight excluding hydrogens is 429 g/mol. The lowest BCUT2D eigenvalue weighted by Gasteiger charge is -2.12. The van der Waals surface area contributed by atoms with E-state index in [1.54, 1.807) is 22.8 Å². The van der Waals surface area contributed by atoms with Gasteiger partial charge in [-0.2, -0.15) is 0 Å². The van der Waals surface area contributed by atoms with Crippen molar-refractivity contribution < 1.29 is 0 Å². The van der Waals surface area contributed by atoms with Crippen molar-refractivity contribution in [1.29, 1.82) is 0 Å². The van der Waals surface area contributed by atoms with Gasteiger partial charge in [0, 0.05) is 40.5 Å². The zero-order valence-electron chi connectivity index (χ0n) is 16.2. The first-order valence-corrected chi connectivity index (χ1v) is 9.96. The van der Waals surface area contributed by atoms with Crippen LogP contribution in [0.25, 0.3) is 33.1 Å². The van der Waals surface area contributed by atoms with Gasteiger partial charge in [0.1, 0.15) is 5.65 Å². The van der Waals surface area contributed by atoms with Crippen molar-refractivity contribution in [2.24, 2.45) is 12.8 Å². The minimum Gasteiger partial charge on any atom is -0.330 e. The molecule has 2 aromatic carbocycles. The van der Waals surface area contributed by atoms with Gasteiger partial charge in [-0.3, -0.25) is 9.36 Å². The SMILES string of the molecule is Cc1ccc2c(c1)c1cc(-c3ccc(Cl)cc3Cl)c(=O)n(C)c1n2CCCN.Cl. The first kappa shape index (κ1) is 21.7. The molecule has 0 radical (unpaired) electrons. The van der Waals surface area contributed by atoms with Crippen LogP contribution in [-0.4, -0.2) is 15.7 Å². The standard InChI is InChI=1S/C22H21Cl2N3O.ClH/c1-13-4-7-20-16(10-13)17-12-18(15-6-5-14(23)11-19(15)24)22(28)26(2)21(17)27(20)9-3-8-25;/h4-7,10-12H,3,8-9,25H2,1-2H3;1H. The van der Waals surface area contributed by atoms with Gasteiger partial charge < -0.3 is 10.3 Å². The molecule has 0 saturated heterocycles. The van der Waals surface area contributed by atoms with E-state index < -0.39 is 0 Å². The number of nitrogens with two attached hydrogens (primary N) is 1. The van der Waals surface area contributed by atoms with Crippen LogP contribution in [-0.2, 0) is 13.6 Å². The molecule has 0 bridgehead atoms. The highest BCUT2D eigenvalue weighted by Gasteiger charge is 2.18. The van der Waals surface area contributed by atoms with Crippen molar-refractivity contribution in [3.8, 4) is 11.1 Å². The Kier molecular flexibility index (Phi) is 6.30. The minimum atomic E-state index is -0.0924. The number of rotatable bonds is 4. The summed E-state index contributed by atoms with van der Waals surface area (Å²) < 4.78 is 3.90. The van der Waals surface area contributed by atoms with E-state index in [2.05, 4.69) is 29.7 Å². The number of hydrogen-bond donors (Lipinski definition) is 1. The molecule has 4 aromatic rings. The van der Waals surface area contributed by atoms with E-state index in [1.165, 1.54) is 5.56 Å². The molecule has 0 atom stereocenters. The molecule has 2 N–H and O–H groups in total. The molecule has 0 unspecified atom stereocenters. The third-order valence-electron chi connectivity index (χ3n) is 5.18. The van der Waals surface area contributed by atoms with Gasteiger partial charge >= 0.3 is 0 Å². The van der Waals surface area contributed by atoms with Crippen molar-refractivity contribution in [3.05, 3.63) is 68.4 Å². The Morgan fingerprint density at radius 1 is 1.00 bits per heavy atom. The number of aryl methyl sites for hydroxylation is 3. The lowest BCUT2D eigenvalue weighted by Crippen LogP contribution is -2.21. The van der Waals surface area contributed by atoms with E-state index in [-0.39, 0.29) is 18.0 Å². The summed E-state index contributed by atoms with van der Waals surface area (Å²) in [5.41, 5.74) is 10.1. The maximum atomic E-state index is 13.2. The second-order valence-electron chi connectivity index (χ2n) is 7.10. The Bertz CT molecular complexity index is 1270. The molecule has 0 aliphatic rings. The fourth-order valence-corrected chi connectivity index (χ4v) is 4.35. The topological polar surface area (TPSA) is 53.0 Å². The fraction of sp³-hybridized carbons (Fsp3) is 0.227. The zero-order valence-corrected chi connectivity index (χ0v) is 18.5. The second kappa shape index (κ2) is 8.41. The van der Waals surface area contributed by atoms with Crippen LogP contribution in [0.15, 0.2) is 47.3 Å². The quantitative estimate of drug-likeness (QED) is 0.443. The van der Waals surface area contributed by atoms with E-state index >= 15 is 0 Å². The fourth-order valence-electron chi connectivity index (χ4n) is 3.84. The molecule has 0 fully saturated rings. The van der Waals surface area contributed by atoms with Crippen LogP contribution in [0.5, 0.6) is 0 Å². The zero-order chi connectivity index (χ0) is 20.0. The van der Waals surface area contributed by atoms with Crippen LogP contribution >= 0.6 is 35.6 Å². The van der Waals surface area contributed by atoms with Crippen molar-refractivity contribution in [3.63, 3.8) is 0 Å². The number of benzene rings is 2. The van der Waals surface area contributed by atoms with E-state index in [9.17, 15) is 4.79 Å². The molecule has 4 nitrogen and oxygen atoms in total. The summed E-state index contributed by atoms with van der Waals surface area (Å²) in [5, 5.41) is 3.15. The Labute approximate surface area is 185 Å². The van der Waals surface area contributed by atoms with E-state index in [0.717, 1.165) is 34.9 Å². The van der Waals surface area contributed by atoms with Gasteiger partial charge in [-0.05, 0) is 50.2 Å². The molecule has 0 aliphatic carbocycles. The Morgan fingerprint density at radius 3 is 2.45 bits per heavy atom. The molecule has 7 heteroatoms. The number of fused-ring (bicyclic) bond motifs is 3. The predicted molar refractivity (Wildman–Crippen MR) is 126 cm³/mol. The summed E-state index contributed by atoms with van der Waals surface area (Å²) in [6.07, 6.45) is 0.839. The Morgan fingerprint density at radius 2 is 1.76 bits per heavy atom. The average molecular weight is 451 g/mol. The van der Waals surface area contributed by atoms with Gasteiger partial charge in [0.05, 0.1) is 10.5 Å². The Hall–Kier alpha value is -1.98. The third kappa shape index (κ3) is 3.66. The molecule has 0 saturated carbocycles. The van der Waals surface area contributed by atoms with Crippen molar-refractivity contribution in [1.82, 2.24) is 9.13 Å². The summed E-state index contributed by atoms with van der Waals surface area (Å²) in [6, 6.07) is 13.5. The van der Waals surface area contributed by atoms with Gasteiger partial charge in [-0.1, -0.05) is 40.9 Å². The number of hydrogen-bond acceptors (Lipinski definition) is 2. The lowest BCUT2D eigenvalue weighted by molar-refractivity contribution is 0.669. The second-order valence-corrected chi connectivity index (χ2v) is 7.94. The summed E-state index contributed by atoms with van der Waals surface area (Å²) in [4.78, 5) is 13.2. The summed E-state index contributed by atoms with van der Waals surface area (Å²) in [6.45, 7) is 3.43. The number of aromatic nitrogens is 2. The molecule has 0 aliphatic heterocycles. The molecule has 0 amide bonds.